The maximum absolute atomic E-state index is 12.5. The second-order valence-electron chi connectivity index (χ2n) is 4.48. The molecule has 3 N–H and O–H groups in total. The van der Waals surface area contributed by atoms with Gasteiger partial charge in [0.05, 0.1) is 13.7 Å². The molecule has 120 valence electrons. The zero-order valence-electron chi connectivity index (χ0n) is 12.3. The number of hydrogen-bond donors (Lipinski definition) is 2. The first-order chi connectivity index (χ1) is 9.89. The number of nitrogens with one attached hydrogen (secondary N) is 1. The van der Waals surface area contributed by atoms with E-state index in [2.05, 4.69) is 4.72 Å². The van der Waals surface area contributed by atoms with Crippen molar-refractivity contribution in [2.24, 2.45) is 5.73 Å². The van der Waals surface area contributed by atoms with Crippen LogP contribution < -0.4 is 15.2 Å². The molecule has 0 amide bonds. The lowest BCUT2D eigenvalue weighted by molar-refractivity contribution is 0.173. The van der Waals surface area contributed by atoms with Gasteiger partial charge in [0.2, 0.25) is 10.0 Å². The highest BCUT2D eigenvalue weighted by Gasteiger charge is 2.25. The van der Waals surface area contributed by atoms with Crippen LogP contribution >= 0.6 is 11.6 Å². The molecule has 8 heteroatoms. The maximum atomic E-state index is 12.5. The third kappa shape index (κ3) is 4.55. The van der Waals surface area contributed by atoms with Crippen LogP contribution in [0.2, 0.25) is 5.02 Å². The topological polar surface area (TPSA) is 90.7 Å². The Kier molecular flexibility index (Phi) is 6.89. The first kappa shape index (κ1) is 18.2. The normalized spacial score (nSPS) is 13.2. The van der Waals surface area contributed by atoms with Crippen molar-refractivity contribution in [3.8, 4) is 5.75 Å². The lowest BCUT2D eigenvalue weighted by atomic mass is 10.2. The molecule has 0 bridgehead atoms. The number of nitrogens with two attached hydrogens (primary N) is 1. The van der Waals surface area contributed by atoms with Crippen molar-refractivity contribution < 1.29 is 17.9 Å². The van der Waals surface area contributed by atoms with Crippen LogP contribution in [-0.4, -0.2) is 35.3 Å². The van der Waals surface area contributed by atoms with Crippen LogP contribution in [0.5, 0.6) is 5.75 Å². The number of rotatable bonds is 8. The lowest BCUT2D eigenvalue weighted by Gasteiger charge is -2.19. The molecule has 1 aromatic carbocycles. The summed E-state index contributed by atoms with van der Waals surface area (Å²) in [6, 6.07) is 2.61. The standard InChI is InChI=1S/C13H21ClN2O4S/c1-4-11(8-19-2)16-21(17,18)12-6-10(14)5-9(7-15)13(12)20-3/h5-6,11,16H,4,7-8,15H2,1-3H3. The summed E-state index contributed by atoms with van der Waals surface area (Å²) in [6.07, 6.45) is 0.597. The van der Waals surface area contributed by atoms with Crippen LogP contribution in [0.15, 0.2) is 17.0 Å². The molecule has 0 aliphatic rings. The molecule has 1 aromatic rings. The van der Waals surface area contributed by atoms with E-state index in [0.717, 1.165) is 0 Å². The van der Waals surface area contributed by atoms with E-state index in [9.17, 15) is 8.42 Å². The molecule has 0 radical (unpaired) electrons. The van der Waals surface area contributed by atoms with Gasteiger partial charge < -0.3 is 15.2 Å². The summed E-state index contributed by atoms with van der Waals surface area (Å²) >= 11 is 5.97. The van der Waals surface area contributed by atoms with Gasteiger partial charge >= 0.3 is 0 Å². The summed E-state index contributed by atoms with van der Waals surface area (Å²) in [6.45, 7) is 2.27. The van der Waals surface area contributed by atoms with Crippen LogP contribution in [0.25, 0.3) is 0 Å². The Hall–Kier alpha value is -0.860. The van der Waals surface area contributed by atoms with Gasteiger partial charge in [-0.15, -0.1) is 0 Å². The minimum Gasteiger partial charge on any atom is -0.495 e. The Morgan fingerprint density at radius 3 is 2.52 bits per heavy atom. The molecular formula is C13H21ClN2O4S. The Morgan fingerprint density at radius 1 is 1.38 bits per heavy atom. The lowest BCUT2D eigenvalue weighted by Crippen LogP contribution is -2.37. The molecule has 0 spiro atoms. The molecule has 0 aromatic heterocycles. The molecule has 6 nitrogen and oxygen atoms in total. The summed E-state index contributed by atoms with van der Waals surface area (Å²) < 4.78 is 37.8. The molecule has 21 heavy (non-hydrogen) atoms. The van der Waals surface area contributed by atoms with E-state index in [-0.39, 0.29) is 34.9 Å². The maximum Gasteiger partial charge on any atom is 0.244 e. The zero-order valence-corrected chi connectivity index (χ0v) is 13.9. The van der Waals surface area contributed by atoms with Crippen LogP contribution in [-0.2, 0) is 21.3 Å². The van der Waals surface area contributed by atoms with Crippen LogP contribution in [0.3, 0.4) is 0 Å². The number of sulfonamides is 1. The second-order valence-corrected chi connectivity index (χ2v) is 6.60. The number of hydrogen-bond acceptors (Lipinski definition) is 5. The molecule has 0 saturated heterocycles. The molecular weight excluding hydrogens is 316 g/mol. The van der Waals surface area contributed by atoms with Gasteiger partial charge in [-0.05, 0) is 18.6 Å². The van der Waals surface area contributed by atoms with Gasteiger partial charge in [0.15, 0.2) is 0 Å². The summed E-state index contributed by atoms with van der Waals surface area (Å²) in [5, 5.41) is 0.288. The largest absolute Gasteiger partial charge is 0.495 e. The Balaban J connectivity index is 3.27. The van der Waals surface area contributed by atoms with Crippen LogP contribution in [0.4, 0.5) is 0 Å². The number of benzene rings is 1. The van der Waals surface area contributed by atoms with Gasteiger partial charge in [0, 0.05) is 30.3 Å². The van der Waals surface area contributed by atoms with Crippen molar-refractivity contribution in [3.63, 3.8) is 0 Å². The van der Waals surface area contributed by atoms with Crippen LogP contribution in [0.1, 0.15) is 18.9 Å². The summed E-state index contributed by atoms with van der Waals surface area (Å²) in [5.74, 6) is 0.210. The van der Waals surface area contributed by atoms with Gasteiger partial charge in [0.1, 0.15) is 10.6 Å². The van der Waals surface area contributed by atoms with Crippen molar-refractivity contribution in [1.29, 1.82) is 0 Å². The van der Waals surface area contributed by atoms with E-state index in [1.54, 1.807) is 6.07 Å². The van der Waals surface area contributed by atoms with Crippen molar-refractivity contribution >= 4 is 21.6 Å². The molecule has 0 saturated carbocycles. The van der Waals surface area contributed by atoms with Gasteiger partial charge in [-0.1, -0.05) is 18.5 Å². The molecule has 0 aliphatic heterocycles. The van der Waals surface area contributed by atoms with Gasteiger partial charge in [-0.3, -0.25) is 0 Å². The third-order valence-corrected chi connectivity index (χ3v) is 4.74. The van der Waals surface area contributed by atoms with E-state index >= 15 is 0 Å². The average Bonchev–Trinajstić information content (AvgIpc) is 2.45. The molecule has 0 aliphatic carbocycles. The van der Waals surface area contributed by atoms with Crippen molar-refractivity contribution in [3.05, 3.63) is 22.7 Å². The SMILES string of the molecule is CCC(COC)NS(=O)(=O)c1cc(Cl)cc(CN)c1OC. The Bertz CT molecular complexity index is 578. The number of halogens is 1. The third-order valence-electron chi connectivity index (χ3n) is 2.99. The van der Waals surface area contributed by atoms with E-state index < -0.39 is 10.0 Å². The molecule has 1 atom stereocenters. The highest BCUT2D eigenvalue weighted by atomic mass is 35.5. The van der Waals surface area contributed by atoms with Crippen molar-refractivity contribution in [1.82, 2.24) is 4.72 Å². The van der Waals surface area contributed by atoms with E-state index in [0.29, 0.717) is 12.0 Å². The first-order valence-corrected chi connectivity index (χ1v) is 8.33. The molecule has 0 heterocycles. The monoisotopic (exact) mass is 336 g/mol. The number of ether oxygens (including phenoxy) is 2. The zero-order chi connectivity index (χ0) is 16.0. The Morgan fingerprint density at radius 2 is 2.05 bits per heavy atom. The van der Waals surface area contributed by atoms with Gasteiger partial charge in [0.25, 0.3) is 0 Å². The predicted octanol–water partition coefficient (Wildman–Crippen LogP) is 1.51. The quantitative estimate of drug-likeness (QED) is 0.751. The highest BCUT2D eigenvalue weighted by Crippen LogP contribution is 2.31. The molecule has 0 fully saturated rings. The van der Waals surface area contributed by atoms with Crippen molar-refractivity contribution in [2.45, 2.75) is 30.8 Å². The van der Waals surface area contributed by atoms with E-state index in [4.69, 9.17) is 26.8 Å². The highest BCUT2D eigenvalue weighted by molar-refractivity contribution is 7.89. The van der Waals surface area contributed by atoms with Crippen LogP contribution in [0, 0.1) is 0 Å². The fourth-order valence-corrected chi connectivity index (χ4v) is 3.77. The van der Waals surface area contributed by atoms with Gasteiger partial charge in [-0.25, -0.2) is 13.1 Å². The fourth-order valence-electron chi connectivity index (χ4n) is 1.92. The predicted molar refractivity (Wildman–Crippen MR) is 82.2 cm³/mol. The average molecular weight is 337 g/mol. The van der Waals surface area contributed by atoms with Crippen molar-refractivity contribution in [2.75, 3.05) is 20.8 Å². The fraction of sp³-hybridized carbons (Fsp3) is 0.538. The summed E-state index contributed by atoms with van der Waals surface area (Å²) in [5.41, 5.74) is 6.14. The summed E-state index contributed by atoms with van der Waals surface area (Å²) in [7, 11) is -0.873. The summed E-state index contributed by atoms with van der Waals surface area (Å²) in [4.78, 5) is -0.0208. The number of methoxy groups -OCH3 is 2. The Labute approximate surface area is 130 Å². The minimum absolute atomic E-state index is 0.0208. The smallest absolute Gasteiger partial charge is 0.244 e. The first-order valence-electron chi connectivity index (χ1n) is 6.47. The van der Waals surface area contributed by atoms with Gasteiger partial charge in [-0.2, -0.15) is 0 Å². The van der Waals surface area contributed by atoms with E-state index in [1.807, 2.05) is 6.92 Å². The van der Waals surface area contributed by atoms with E-state index in [1.165, 1.54) is 20.3 Å². The second kappa shape index (κ2) is 7.95. The molecule has 1 rings (SSSR count). The molecule has 1 unspecified atom stereocenters. The minimum atomic E-state index is -3.79.